The lowest BCUT2D eigenvalue weighted by Gasteiger charge is -2.23. The van der Waals surface area contributed by atoms with Crippen molar-refractivity contribution < 1.29 is 9.59 Å². The van der Waals surface area contributed by atoms with Gasteiger partial charge in [0.1, 0.15) is 12.4 Å². The molecule has 0 spiro atoms. The van der Waals surface area contributed by atoms with E-state index < -0.39 is 0 Å². The molecule has 1 atom stereocenters. The number of benzene rings is 3. The average molecular weight is 559 g/mol. The third-order valence-corrected chi connectivity index (χ3v) is 8.32. The Kier molecular flexibility index (Phi) is 8.10. The molecule has 2 heterocycles. The van der Waals surface area contributed by atoms with E-state index in [1.807, 2.05) is 79.2 Å². The largest absolute Gasteiger partial charge is 0.355 e. The van der Waals surface area contributed by atoms with Crippen molar-refractivity contribution in [1.29, 1.82) is 0 Å². The number of hydrogen-bond donors (Lipinski definition) is 1. The summed E-state index contributed by atoms with van der Waals surface area (Å²) in [4.78, 5) is 28.3. The molecule has 0 bridgehead atoms. The van der Waals surface area contributed by atoms with Crippen molar-refractivity contribution in [2.75, 3.05) is 23.7 Å². The third kappa shape index (κ3) is 5.60. The third-order valence-electron chi connectivity index (χ3n) is 6.83. The summed E-state index contributed by atoms with van der Waals surface area (Å²) in [5.41, 5.74) is 6.75. The van der Waals surface area contributed by atoms with Gasteiger partial charge in [0.15, 0.2) is 0 Å². The molecule has 0 saturated heterocycles. The summed E-state index contributed by atoms with van der Waals surface area (Å²) in [5, 5.41) is 8.53. The minimum atomic E-state index is -0.194. The zero-order chi connectivity index (χ0) is 27.5. The highest BCUT2D eigenvalue weighted by Crippen LogP contribution is 2.49. The smallest absolute Gasteiger partial charge is 0.240 e. The Labute approximate surface area is 238 Å². The number of nitrogens with zero attached hydrogens (tertiary/aromatic N) is 3. The maximum absolute atomic E-state index is 13.7. The van der Waals surface area contributed by atoms with Crippen LogP contribution in [0, 0.1) is 13.8 Å². The van der Waals surface area contributed by atoms with Gasteiger partial charge in [-0.25, -0.2) is 4.68 Å². The fourth-order valence-corrected chi connectivity index (χ4v) is 6.22. The molecular weight excluding hydrogens is 528 g/mol. The number of anilines is 1. The molecule has 3 aromatic carbocycles. The number of aryl methyl sites for hydroxylation is 2. The predicted molar refractivity (Wildman–Crippen MR) is 160 cm³/mol. The van der Waals surface area contributed by atoms with E-state index in [4.69, 9.17) is 16.7 Å². The SMILES string of the molecule is CCCNC(=O)CN1C(=O)CS[C@@H](c2ccccc2C)c2c(-c3ccc(Cl)cc3)nn(-c3ccc(C)cc3)c21. The van der Waals surface area contributed by atoms with Gasteiger partial charge < -0.3 is 5.32 Å². The number of carbonyl (C=O) groups is 2. The number of carbonyl (C=O) groups excluding carboxylic acids is 2. The first-order valence-electron chi connectivity index (χ1n) is 13.1. The van der Waals surface area contributed by atoms with Gasteiger partial charge in [-0.05, 0) is 55.7 Å². The van der Waals surface area contributed by atoms with E-state index in [1.54, 1.807) is 16.7 Å². The van der Waals surface area contributed by atoms with Crippen LogP contribution in [-0.4, -0.2) is 40.4 Å². The van der Waals surface area contributed by atoms with Gasteiger partial charge in [0.25, 0.3) is 0 Å². The highest BCUT2D eigenvalue weighted by atomic mass is 35.5. The number of hydrogen-bond acceptors (Lipinski definition) is 4. The van der Waals surface area contributed by atoms with Crippen LogP contribution >= 0.6 is 23.4 Å². The van der Waals surface area contributed by atoms with E-state index in [2.05, 4.69) is 24.4 Å². The van der Waals surface area contributed by atoms with Crippen molar-refractivity contribution in [2.45, 2.75) is 32.4 Å². The number of nitrogens with one attached hydrogen (secondary N) is 1. The molecule has 6 nitrogen and oxygen atoms in total. The Bertz CT molecular complexity index is 1500. The molecule has 0 radical (unpaired) electrons. The summed E-state index contributed by atoms with van der Waals surface area (Å²) in [6.07, 6.45) is 0.818. The van der Waals surface area contributed by atoms with Gasteiger partial charge in [0, 0.05) is 22.7 Å². The molecule has 5 rings (SSSR count). The first kappa shape index (κ1) is 27.0. The summed E-state index contributed by atoms with van der Waals surface area (Å²) in [7, 11) is 0. The lowest BCUT2D eigenvalue weighted by Crippen LogP contribution is -2.42. The summed E-state index contributed by atoms with van der Waals surface area (Å²) < 4.78 is 1.82. The molecule has 8 heteroatoms. The van der Waals surface area contributed by atoms with Gasteiger partial charge in [-0.1, -0.05) is 72.6 Å². The van der Waals surface area contributed by atoms with Crippen molar-refractivity contribution in [3.8, 4) is 16.9 Å². The van der Waals surface area contributed by atoms with Crippen molar-refractivity contribution in [3.63, 3.8) is 0 Å². The molecule has 0 fully saturated rings. The summed E-state index contributed by atoms with van der Waals surface area (Å²) >= 11 is 7.82. The van der Waals surface area contributed by atoms with Crippen LogP contribution in [0.25, 0.3) is 16.9 Å². The normalized spacial score (nSPS) is 15.1. The standard InChI is InChI=1S/C31H31ClN4O2S/c1-4-17-33-26(37)18-35-27(38)19-39-30(25-8-6-5-7-21(25)3)28-29(22-11-13-23(32)14-12-22)34-36(31(28)35)24-15-9-20(2)10-16-24/h5-16,30H,4,17-19H2,1-3H3,(H,33,37)/t30-/m0/s1. The average Bonchev–Trinajstić information content (AvgIpc) is 3.26. The number of fused-ring (bicyclic) bond motifs is 1. The molecule has 1 aliphatic rings. The molecule has 0 unspecified atom stereocenters. The van der Waals surface area contributed by atoms with E-state index in [0.29, 0.717) is 17.4 Å². The molecule has 0 aliphatic carbocycles. The van der Waals surface area contributed by atoms with Crippen LogP contribution in [0.15, 0.2) is 72.8 Å². The molecule has 39 heavy (non-hydrogen) atoms. The van der Waals surface area contributed by atoms with Crippen LogP contribution in [0.4, 0.5) is 5.82 Å². The van der Waals surface area contributed by atoms with E-state index in [9.17, 15) is 9.59 Å². The second-order valence-electron chi connectivity index (χ2n) is 9.72. The minimum absolute atomic E-state index is 0.0789. The van der Waals surface area contributed by atoms with Crippen molar-refractivity contribution in [1.82, 2.24) is 15.1 Å². The quantitative estimate of drug-likeness (QED) is 0.281. The van der Waals surface area contributed by atoms with E-state index >= 15 is 0 Å². The van der Waals surface area contributed by atoms with Crippen molar-refractivity contribution in [2.24, 2.45) is 0 Å². The maximum Gasteiger partial charge on any atom is 0.240 e. The Morgan fingerprint density at radius 3 is 2.46 bits per heavy atom. The Morgan fingerprint density at radius 2 is 1.77 bits per heavy atom. The maximum atomic E-state index is 13.7. The van der Waals surface area contributed by atoms with Crippen molar-refractivity contribution in [3.05, 3.63) is 100 Å². The van der Waals surface area contributed by atoms with Crippen molar-refractivity contribution >= 4 is 41.0 Å². The fourth-order valence-electron chi connectivity index (χ4n) is 4.80. The van der Waals surface area contributed by atoms with E-state index in [1.165, 1.54) is 0 Å². The summed E-state index contributed by atoms with van der Waals surface area (Å²) in [6, 6.07) is 23.9. The van der Waals surface area contributed by atoms with Gasteiger partial charge in [-0.3, -0.25) is 14.5 Å². The highest BCUT2D eigenvalue weighted by molar-refractivity contribution is 8.00. The molecule has 1 N–H and O–H groups in total. The zero-order valence-corrected chi connectivity index (χ0v) is 23.9. The van der Waals surface area contributed by atoms with Gasteiger partial charge in [0.2, 0.25) is 11.8 Å². The van der Waals surface area contributed by atoms with Gasteiger partial charge in [-0.2, -0.15) is 5.10 Å². The van der Waals surface area contributed by atoms with Crippen LogP contribution in [0.5, 0.6) is 0 Å². The predicted octanol–water partition coefficient (Wildman–Crippen LogP) is 6.50. The van der Waals surface area contributed by atoms with Crippen LogP contribution in [-0.2, 0) is 9.59 Å². The molecule has 2 amide bonds. The lowest BCUT2D eigenvalue weighted by atomic mass is 9.96. The zero-order valence-electron chi connectivity index (χ0n) is 22.3. The summed E-state index contributed by atoms with van der Waals surface area (Å²) in [6.45, 7) is 6.60. The molecule has 200 valence electrons. The Balaban J connectivity index is 1.80. The highest BCUT2D eigenvalue weighted by Gasteiger charge is 2.38. The van der Waals surface area contributed by atoms with Crippen LogP contribution in [0.3, 0.4) is 0 Å². The van der Waals surface area contributed by atoms with Gasteiger partial charge in [-0.15, -0.1) is 11.8 Å². The van der Waals surface area contributed by atoms with Gasteiger partial charge >= 0.3 is 0 Å². The molecule has 4 aromatic rings. The minimum Gasteiger partial charge on any atom is -0.355 e. The van der Waals surface area contributed by atoms with Crippen LogP contribution in [0.1, 0.15) is 40.8 Å². The number of thioether (sulfide) groups is 1. The number of rotatable bonds is 7. The number of aromatic nitrogens is 2. The Hall–Kier alpha value is -3.55. The fraction of sp³-hybridized carbons (Fsp3) is 0.258. The topological polar surface area (TPSA) is 67.2 Å². The van der Waals surface area contributed by atoms with E-state index in [0.717, 1.165) is 45.6 Å². The Morgan fingerprint density at radius 1 is 1.05 bits per heavy atom. The molecular formula is C31H31ClN4O2S. The molecule has 1 aromatic heterocycles. The number of halogens is 1. The number of amides is 2. The second-order valence-corrected chi connectivity index (χ2v) is 11.2. The van der Waals surface area contributed by atoms with E-state index in [-0.39, 0.29) is 29.4 Å². The van der Waals surface area contributed by atoms with Crippen LogP contribution in [0.2, 0.25) is 5.02 Å². The second kappa shape index (κ2) is 11.7. The summed E-state index contributed by atoms with van der Waals surface area (Å²) in [5.74, 6) is 0.543. The van der Waals surface area contributed by atoms with Crippen LogP contribution < -0.4 is 10.2 Å². The monoisotopic (exact) mass is 558 g/mol. The first-order chi connectivity index (χ1) is 18.9. The first-order valence-corrected chi connectivity index (χ1v) is 14.5. The molecule has 0 saturated carbocycles. The van der Waals surface area contributed by atoms with Gasteiger partial charge in [0.05, 0.1) is 22.4 Å². The lowest BCUT2D eigenvalue weighted by molar-refractivity contribution is -0.122. The molecule has 1 aliphatic heterocycles.